The first kappa shape index (κ1) is 9.67. The minimum atomic E-state index is -0.507. The molecule has 0 bridgehead atoms. The molecule has 0 saturated heterocycles. The largest absolute Gasteiger partial charge is 0.316 e. The first-order valence-electron chi connectivity index (χ1n) is 3.53. The van der Waals surface area contributed by atoms with Gasteiger partial charge in [-0.25, -0.2) is 5.21 Å². The molecule has 0 aromatic heterocycles. The summed E-state index contributed by atoms with van der Waals surface area (Å²) in [6.45, 7) is 0. The van der Waals surface area contributed by atoms with Gasteiger partial charge in [0.2, 0.25) is 5.24 Å². The lowest BCUT2D eigenvalue weighted by Gasteiger charge is -1.93. The molecule has 0 amide bonds. The number of hydrogen-bond acceptors (Lipinski definition) is 2. The van der Waals surface area contributed by atoms with Gasteiger partial charge in [-0.05, 0) is 17.2 Å². The van der Waals surface area contributed by atoms with E-state index >= 15 is 0 Å². The molecule has 68 valence electrons. The van der Waals surface area contributed by atoms with Gasteiger partial charge in [0.1, 0.15) is 0 Å². The predicted molar refractivity (Wildman–Crippen MR) is 46.1 cm³/mol. The van der Waals surface area contributed by atoms with Crippen molar-refractivity contribution in [1.29, 1.82) is 0 Å². The third-order valence-electron chi connectivity index (χ3n) is 1.47. The van der Waals surface area contributed by atoms with E-state index in [0.717, 1.165) is 0 Å². The summed E-state index contributed by atoms with van der Waals surface area (Å²) in [5.41, 5.74) is 0.669. The average molecular weight is 201 g/mol. The van der Waals surface area contributed by atoms with E-state index in [1.54, 1.807) is 12.1 Å². The summed E-state index contributed by atoms with van der Waals surface area (Å²) in [6, 6.07) is 6.03. The number of carbonyl (C=O) groups excluding carboxylic acids is 1. The van der Waals surface area contributed by atoms with Gasteiger partial charge in [0.05, 0.1) is 4.91 Å². The Labute approximate surface area is 79.3 Å². The summed E-state index contributed by atoms with van der Waals surface area (Å²) in [4.78, 5) is 20.7. The molecule has 13 heavy (non-hydrogen) atoms. The van der Waals surface area contributed by atoms with E-state index in [1.165, 1.54) is 12.1 Å². The highest BCUT2D eigenvalue weighted by Crippen LogP contribution is 2.13. The molecule has 1 rings (SSSR count). The van der Waals surface area contributed by atoms with E-state index < -0.39 is 5.24 Å². The maximum atomic E-state index is 10.5. The van der Waals surface area contributed by atoms with Crippen molar-refractivity contribution in [3.63, 3.8) is 0 Å². The molecular weight excluding hydrogens is 194 g/mol. The zero-order chi connectivity index (χ0) is 9.84. The molecule has 0 fully saturated rings. The average Bonchev–Trinajstić information content (AvgIpc) is 2.03. The number of halogens is 1. The van der Waals surface area contributed by atoms with Crippen LogP contribution < -0.4 is 0 Å². The molecule has 1 aromatic rings. The smallest absolute Gasteiger partial charge is 0.281 e. The Morgan fingerprint density at radius 1 is 1.54 bits per heavy atom. The molecule has 0 radical (unpaired) electrons. The van der Waals surface area contributed by atoms with Crippen molar-refractivity contribution in [3.05, 3.63) is 34.7 Å². The molecule has 0 atom stereocenters. The normalized spacial score (nSPS) is 9.62. The fourth-order valence-electron chi connectivity index (χ4n) is 0.946. The van der Waals surface area contributed by atoms with Crippen LogP contribution in [-0.2, 0) is 11.2 Å². The number of benzene rings is 1. The Balaban J connectivity index is 2.91. The fraction of sp³-hybridized carbons (Fsp3) is 0.125. The first-order valence-corrected chi connectivity index (χ1v) is 3.91. The summed E-state index contributed by atoms with van der Waals surface area (Å²) in [5, 5.41) is 8.04. The Bertz CT molecular complexity index is 351. The second kappa shape index (κ2) is 4.00. The predicted octanol–water partition coefficient (Wildman–Crippen LogP) is 1.79. The third-order valence-corrected chi connectivity index (χ3v) is 1.61. The zero-order valence-electron chi connectivity index (χ0n) is 6.61. The van der Waals surface area contributed by atoms with Crippen LogP contribution in [0.2, 0.25) is 0 Å². The van der Waals surface area contributed by atoms with Crippen LogP contribution in [0.15, 0.2) is 24.3 Å². The van der Waals surface area contributed by atoms with Crippen LogP contribution in [-0.4, -0.2) is 15.4 Å². The third kappa shape index (κ3) is 2.83. The fourth-order valence-corrected chi connectivity index (χ4v) is 1.10. The molecule has 0 aliphatic carbocycles. The van der Waals surface area contributed by atoms with Gasteiger partial charge in [0.25, 0.3) is 4.92 Å². The Kier molecular flexibility index (Phi) is 2.97. The maximum Gasteiger partial charge on any atom is 0.316 e. The van der Waals surface area contributed by atoms with Crippen LogP contribution in [0, 0.1) is 4.91 Å². The lowest BCUT2D eigenvalue weighted by Crippen LogP contribution is -1.96. The van der Waals surface area contributed by atoms with Crippen molar-refractivity contribution in [2.24, 2.45) is 0 Å². The van der Waals surface area contributed by atoms with Gasteiger partial charge in [0.15, 0.2) is 0 Å². The molecule has 0 heterocycles. The highest BCUT2D eigenvalue weighted by molar-refractivity contribution is 6.63. The zero-order valence-corrected chi connectivity index (χ0v) is 7.36. The molecule has 0 saturated carbocycles. The van der Waals surface area contributed by atoms with Crippen LogP contribution in [0.25, 0.3) is 0 Å². The van der Waals surface area contributed by atoms with Gasteiger partial charge in [0, 0.05) is 18.6 Å². The number of nitrogens with zero attached hydrogens (tertiary/aromatic N) is 1. The lowest BCUT2D eigenvalue weighted by atomic mass is 10.1. The Morgan fingerprint density at radius 3 is 2.77 bits per heavy atom. The molecule has 0 spiro atoms. The minimum absolute atomic E-state index is 0.0449. The number of hydrogen-bond donors (Lipinski definition) is 1. The molecule has 5 heteroatoms. The van der Waals surface area contributed by atoms with Crippen molar-refractivity contribution < 1.29 is 14.9 Å². The van der Waals surface area contributed by atoms with Crippen LogP contribution in [0.5, 0.6) is 0 Å². The van der Waals surface area contributed by atoms with E-state index in [9.17, 15) is 9.70 Å². The maximum absolute atomic E-state index is 10.5. The second-order valence-corrected chi connectivity index (χ2v) is 2.90. The van der Waals surface area contributed by atoms with Gasteiger partial charge in [-0.15, -0.1) is 0 Å². The van der Waals surface area contributed by atoms with Crippen molar-refractivity contribution >= 4 is 22.5 Å². The summed E-state index contributed by atoms with van der Waals surface area (Å²) >= 11 is 5.15. The quantitative estimate of drug-likeness (QED) is 0.598. The SMILES string of the molecule is O=C(Cl)Cc1cccc([N+](=O)O)c1. The van der Waals surface area contributed by atoms with Crippen LogP contribution in [0.1, 0.15) is 5.56 Å². The summed E-state index contributed by atoms with van der Waals surface area (Å²) in [6.07, 6.45) is 0.0449. The Hall–Kier alpha value is -1.42. The first-order chi connectivity index (χ1) is 6.09. The molecular formula is C8H7ClNO3+. The standard InChI is InChI=1S/C8H7ClNO3/c9-8(11)5-6-2-1-3-7(4-6)10(12)13/h1-4H,5H2,(H,12,13)/q+1. The van der Waals surface area contributed by atoms with Crippen LogP contribution >= 0.6 is 11.6 Å². The molecule has 0 aliphatic heterocycles. The van der Waals surface area contributed by atoms with E-state index in [-0.39, 0.29) is 17.0 Å². The molecule has 1 aromatic carbocycles. The van der Waals surface area contributed by atoms with Crippen molar-refractivity contribution in [1.82, 2.24) is 0 Å². The van der Waals surface area contributed by atoms with E-state index in [4.69, 9.17) is 16.8 Å². The molecule has 0 aliphatic rings. The van der Waals surface area contributed by atoms with Gasteiger partial charge in [-0.3, -0.25) is 4.79 Å². The van der Waals surface area contributed by atoms with E-state index in [2.05, 4.69) is 0 Å². The van der Waals surface area contributed by atoms with Crippen molar-refractivity contribution in [2.75, 3.05) is 0 Å². The molecule has 1 N–H and O–H groups in total. The van der Waals surface area contributed by atoms with Gasteiger partial charge >= 0.3 is 5.69 Å². The summed E-state index contributed by atoms with van der Waals surface area (Å²) in [7, 11) is 0. The lowest BCUT2D eigenvalue weighted by molar-refractivity contribution is -0.729. The molecule has 0 unspecified atom stereocenters. The van der Waals surface area contributed by atoms with E-state index in [0.29, 0.717) is 5.56 Å². The number of carbonyl (C=O) groups is 1. The van der Waals surface area contributed by atoms with Gasteiger partial charge in [-0.1, -0.05) is 12.1 Å². The van der Waals surface area contributed by atoms with Crippen LogP contribution in [0.3, 0.4) is 0 Å². The van der Waals surface area contributed by atoms with Gasteiger partial charge < -0.3 is 0 Å². The highest BCUT2D eigenvalue weighted by atomic mass is 35.5. The number of rotatable bonds is 3. The van der Waals surface area contributed by atoms with Gasteiger partial charge in [-0.2, -0.15) is 0 Å². The summed E-state index contributed by atoms with van der Waals surface area (Å²) < 4.78 is 0. The highest BCUT2D eigenvalue weighted by Gasteiger charge is 2.11. The van der Waals surface area contributed by atoms with Crippen molar-refractivity contribution in [3.8, 4) is 0 Å². The topological polar surface area (TPSA) is 57.4 Å². The second-order valence-electron chi connectivity index (χ2n) is 2.47. The van der Waals surface area contributed by atoms with E-state index in [1.807, 2.05) is 0 Å². The minimum Gasteiger partial charge on any atom is -0.281 e. The van der Waals surface area contributed by atoms with Crippen LogP contribution in [0.4, 0.5) is 5.69 Å². The monoisotopic (exact) mass is 200 g/mol. The summed E-state index contributed by atoms with van der Waals surface area (Å²) in [5.74, 6) is 0. The Morgan fingerprint density at radius 2 is 2.23 bits per heavy atom. The van der Waals surface area contributed by atoms with Crippen molar-refractivity contribution in [2.45, 2.75) is 6.42 Å². The molecule has 4 nitrogen and oxygen atoms in total.